The number of hydrogen-bond donors (Lipinski definition) is 2. The number of ether oxygens (including phenoxy) is 1. The van der Waals surface area contributed by atoms with Crippen molar-refractivity contribution in [2.24, 2.45) is 5.92 Å². The van der Waals surface area contributed by atoms with Crippen LogP contribution >= 0.6 is 0 Å². The first kappa shape index (κ1) is 15.2. The van der Waals surface area contributed by atoms with Crippen LogP contribution in [0.25, 0.3) is 5.57 Å². The molecule has 1 aromatic carbocycles. The number of pyridine rings is 1. The SMILES string of the molecule is COc1ccc(C2NNCC2/C=C(\C#N)c2ccccn2)cc1. The Morgan fingerprint density at radius 1 is 1.30 bits per heavy atom. The minimum Gasteiger partial charge on any atom is -0.497 e. The normalized spacial score (nSPS) is 21.0. The lowest BCUT2D eigenvalue weighted by Gasteiger charge is -2.16. The van der Waals surface area contributed by atoms with Crippen molar-refractivity contribution in [3.63, 3.8) is 0 Å². The summed E-state index contributed by atoms with van der Waals surface area (Å²) in [5.41, 5.74) is 8.90. The molecule has 1 aromatic heterocycles. The molecule has 0 radical (unpaired) electrons. The molecule has 2 atom stereocenters. The molecule has 0 aliphatic carbocycles. The standard InChI is InChI=1S/C18H18N4O/c1-23-16-7-5-13(6-8-16)18-15(12-21-22-18)10-14(11-19)17-4-2-3-9-20-17/h2-10,15,18,21-22H,12H2,1H3/b14-10+. The van der Waals surface area contributed by atoms with Crippen LogP contribution in [0.2, 0.25) is 0 Å². The molecule has 2 N–H and O–H groups in total. The lowest BCUT2D eigenvalue weighted by Crippen LogP contribution is -2.24. The first-order valence-corrected chi connectivity index (χ1v) is 7.47. The first-order valence-electron chi connectivity index (χ1n) is 7.47. The van der Waals surface area contributed by atoms with E-state index in [0.717, 1.165) is 17.9 Å². The van der Waals surface area contributed by atoms with Crippen molar-refractivity contribution in [2.75, 3.05) is 13.7 Å². The minimum atomic E-state index is 0.105. The van der Waals surface area contributed by atoms with Crippen molar-refractivity contribution in [3.05, 3.63) is 66.0 Å². The van der Waals surface area contributed by atoms with E-state index in [1.807, 2.05) is 48.5 Å². The van der Waals surface area contributed by atoms with Gasteiger partial charge in [-0.2, -0.15) is 5.26 Å². The number of nitrogens with one attached hydrogen (secondary N) is 2. The topological polar surface area (TPSA) is 70.0 Å². The maximum Gasteiger partial charge on any atom is 0.118 e. The van der Waals surface area contributed by atoms with E-state index in [1.54, 1.807) is 13.3 Å². The van der Waals surface area contributed by atoms with Crippen LogP contribution in [0.4, 0.5) is 0 Å². The highest BCUT2D eigenvalue weighted by atomic mass is 16.5. The average molecular weight is 306 g/mol. The number of allylic oxidation sites excluding steroid dienone is 1. The summed E-state index contributed by atoms with van der Waals surface area (Å²) in [4.78, 5) is 4.26. The van der Waals surface area contributed by atoms with Gasteiger partial charge in [-0.25, -0.2) is 5.43 Å². The van der Waals surface area contributed by atoms with Crippen LogP contribution in [0.3, 0.4) is 0 Å². The molecule has 2 aromatic rings. The smallest absolute Gasteiger partial charge is 0.118 e. The third kappa shape index (κ3) is 3.39. The summed E-state index contributed by atoms with van der Waals surface area (Å²) < 4.78 is 5.20. The Balaban J connectivity index is 1.86. The Kier molecular flexibility index (Phi) is 4.67. The van der Waals surface area contributed by atoms with Crippen LogP contribution in [0, 0.1) is 17.2 Å². The van der Waals surface area contributed by atoms with E-state index in [1.165, 1.54) is 0 Å². The van der Waals surface area contributed by atoms with Gasteiger partial charge in [-0.1, -0.05) is 24.3 Å². The monoisotopic (exact) mass is 306 g/mol. The number of methoxy groups -OCH3 is 1. The summed E-state index contributed by atoms with van der Waals surface area (Å²) in [6.07, 6.45) is 3.69. The van der Waals surface area contributed by atoms with Crippen LogP contribution in [-0.2, 0) is 0 Å². The number of nitrogens with zero attached hydrogens (tertiary/aromatic N) is 2. The number of nitriles is 1. The van der Waals surface area contributed by atoms with Gasteiger partial charge in [0.1, 0.15) is 11.8 Å². The van der Waals surface area contributed by atoms with Gasteiger partial charge in [0, 0.05) is 18.7 Å². The van der Waals surface area contributed by atoms with Crippen molar-refractivity contribution >= 4 is 5.57 Å². The molecule has 0 saturated carbocycles. The van der Waals surface area contributed by atoms with Crippen LogP contribution < -0.4 is 15.6 Å². The summed E-state index contributed by atoms with van der Waals surface area (Å²) in [5.74, 6) is 0.998. The van der Waals surface area contributed by atoms with Crippen molar-refractivity contribution in [1.82, 2.24) is 15.8 Å². The predicted octanol–water partition coefficient (Wildman–Crippen LogP) is 2.46. The van der Waals surface area contributed by atoms with E-state index in [4.69, 9.17) is 4.74 Å². The zero-order valence-corrected chi connectivity index (χ0v) is 12.9. The molecule has 0 amide bonds. The Morgan fingerprint density at radius 3 is 2.78 bits per heavy atom. The number of benzene rings is 1. The molecule has 5 heteroatoms. The Labute approximate surface area is 135 Å². The Bertz CT molecular complexity index is 719. The molecule has 0 spiro atoms. The van der Waals surface area contributed by atoms with Gasteiger partial charge in [-0.05, 0) is 29.8 Å². The third-order valence-corrected chi connectivity index (χ3v) is 3.94. The first-order chi connectivity index (χ1) is 11.3. The largest absolute Gasteiger partial charge is 0.497 e. The second-order valence-electron chi connectivity index (χ2n) is 5.35. The molecule has 2 unspecified atom stereocenters. The average Bonchev–Trinajstić information content (AvgIpc) is 3.08. The summed E-state index contributed by atoms with van der Waals surface area (Å²) in [7, 11) is 1.65. The molecular formula is C18H18N4O. The summed E-state index contributed by atoms with van der Waals surface area (Å²) in [6, 6.07) is 15.9. The fourth-order valence-corrected chi connectivity index (χ4v) is 2.72. The van der Waals surface area contributed by atoms with E-state index >= 15 is 0 Å². The van der Waals surface area contributed by atoms with Gasteiger partial charge in [-0.3, -0.25) is 10.4 Å². The summed E-state index contributed by atoms with van der Waals surface area (Å²) in [6.45, 7) is 0.759. The van der Waals surface area contributed by atoms with Crippen molar-refractivity contribution < 1.29 is 4.74 Å². The lowest BCUT2D eigenvalue weighted by molar-refractivity contribution is 0.414. The van der Waals surface area contributed by atoms with Crippen LogP contribution in [0.15, 0.2) is 54.7 Å². The van der Waals surface area contributed by atoms with Gasteiger partial charge in [0.05, 0.1) is 24.4 Å². The molecule has 3 rings (SSSR count). The van der Waals surface area contributed by atoms with E-state index < -0.39 is 0 Å². The van der Waals surface area contributed by atoms with Crippen LogP contribution in [0.1, 0.15) is 17.3 Å². The van der Waals surface area contributed by atoms with Crippen molar-refractivity contribution in [3.8, 4) is 11.8 Å². The highest BCUT2D eigenvalue weighted by Gasteiger charge is 2.27. The van der Waals surface area contributed by atoms with Crippen LogP contribution in [-0.4, -0.2) is 18.6 Å². The van der Waals surface area contributed by atoms with Crippen LogP contribution in [0.5, 0.6) is 5.75 Å². The molecular weight excluding hydrogens is 288 g/mol. The number of aromatic nitrogens is 1. The van der Waals surface area contributed by atoms with Crippen molar-refractivity contribution in [1.29, 1.82) is 5.26 Å². The highest BCUT2D eigenvalue weighted by Crippen LogP contribution is 2.29. The quantitative estimate of drug-likeness (QED) is 0.849. The molecule has 5 nitrogen and oxygen atoms in total. The predicted molar refractivity (Wildman–Crippen MR) is 88.2 cm³/mol. The molecule has 2 heterocycles. The molecule has 1 aliphatic rings. The Morgan fingerprint density at radius 2 is 2.13 bits per heavy atom. The molecule has 1 saturated heterocycles. The van der Waals surface area contributed by atoms with Gasteiger partial charge in [-0.15, -0.1) is 0 Å². The second-order valence-corrected chi connectivity index (χ2v) is 5.35. The number of rotatable bonds is 4. The maximum absolute atomic E-state index is 9.45. The number of hydrazine groups is 1. The summed E-state index contributed by atoms with van der Waals surface area (Å²) in [5, 5.41) is 9.45. The lowest BCUT2D eigenvalue weighted by atomic mass is 9.92. The van der Waals surface area contributed by atoms with Gasteiger partial charge >= 0.3 is 0 Å². The van der Waals surface area contributed by atoms with Gasteiger partial charge in [0.25, 0.3) is 0 Å². The molecule has 1 aliphatic heterocycles. The minimum absolute atomic E-state index is 0.105. The highest BCUT2D eigenvalue weighted by molar-refractivity contribution is 5.74. The van der Waals surface area contributed by atoms with Gasteiger partial charge < -0.3 is 4.74 Å². The fourth-order valence-electron chi connectivity index (χ4n) is 2.72. The van der Waals surface area contributed by atoms with E-state index in [2.05, 4.69) is 21.9 Å². The zero-order valence-electron chi connectivity index (χ0n) is 12.9. The molecule has 0 bridgehead atoms. The fraction of sp³-hybridized carbons (Fsp3) is 0.222. The third-order valence-electron chi connectivity index (χ3n) is 3.94. The zero-order chi connectivity index (χ0) is 16.1. The second kappa shape index (κ2) is 7.05. The molecule has 23 heavy (non-hydrogen) atoms. The van der Waals surface area contributed by atoms with E-state index in [-0.39, 0.29) is 12.0 Å². The Hall–Kier alpha value is -2.68. The van der Waals surface area contributed by atoms with Gasteiger partial charge in [0.15, 0.2) is 0 Å². The summed E-state index contributed by atoms with van der Waals surface area (Å²) >= 11 is 0. The van der Waals surface area contributed by atoms with Gasteiger partial charge in [0.2, 0.25) is 0 Å². The van der Waals surface area contributed by atoms with Crippen molar-refractivity contribution in [2.45, 2.75) is 6.04 Å². The van der Waals surface area contributed by atoms with E-state index in [9.17, 15) is 5.26 Å². The van der Waals surface area contributed by atoms with E-state index in [0.29, 0.717) is 11.3 Å². The molecule has 1 fully saturated rings. The maximum atomic E-state index is 9.45. The number of hydrogen-bond acceptors (Lipinski definition) is 5. The molecule has 116 valence electrons.